The number of aromatic nitrogens is 3. The van der Waals surface area contributed by atoms with Crippen LogP contribution in [0, 0.1) is 5.82 Å². The zero-order chi connectivity index (χ0) is 21.3. The van der Waals surface area contributed by atoms with Crippen LogP contribution in [0.25, 0.3) is 11.0 Å². The van der Waals surface area contributed by atoms with Crippen LogP contribution in [-0.2, 0) is 23.1 Å². The second-order valence-corrected chi connectivity index (χ2v) is 8.22. The molecule has 2 N–H and O–H groups in total. The van der Waals surface area contributed by atoms with Crippen molar-refractivity contribution < 1.29 is 22.3 Å². The number of benzene rings is 2. The second-order valence-electron chi connectivity index (χ2n) is 6.46. The van der Waals surface area contributed by atoms with Gasteiger partial charge in [0.15, 0.2) is 0 Å². The molecule has 0 aliphatic carbocycles. The van der Waals surface area contributed by atoms with Crippen molar-refractivity contribution in [2.24, 2.45) is 0 Å². The van der Waals surface area contributed by atoms with Gasteiger partial charge >= 0.3 is 5.63 Å². The standard InChI is InChI=1S/C19H15FN4O5S/c20-13-1-4-16(5-2-13)30(27,28)21-9-14-11-24(23-22-14)10-12-7-19(26)29-18-8-15(25)3-6-17(12)18/h1-8,11,21,25H,9-10H2. The number of aromatic hydroxyl groups is 1. The first-order valence-corrected chi connectivity index (χ1v) is 10.2. The first-order chi connectivity index (χ1) is 14.3. The molecule has 0 saturated carbocycles. The lowest BCUT2D eigenvalue weighted by molar-refractivity contribution is 0.473. The lowest BCUT2D eigenvalue weighted by Crippen LogP contribution is -2.23. The molecule has 4 rings (SSSR count). The van der Waals surface area contributed by atoms with Crippen LogP contribution in [-0.4, -0.2) is 28.5 Å². The molecule has 0 spiro atoms. The summed E-state index contributed by atoms with van der Waals surface area (Å²) < 4.78 is 46.4. The average Bonchev–Trinajstić information content (AvgIpc) is 3.14. The summed E-state index contributed by atoms with van der Waals surface area (Å²) in [7, 11) is -3.83. The zero-order valence-electron chi connectivity index (χ0n) is 15.3. The predicted molar refractivity (Wildman–Crippen MR) is 104 cm³/mol. The molecule has 11 heteroatoms. The highest BCUT2D eigenvalue weighted by Crippen LogP contribution is 2.22. The number of phenols is 1. The van der Waals surface area contributed by atoms with Gasteiger partial charge in [0, 0.05) is 17.5 Å². The van der Waals surface area contributed by atoms with Crippen LogP contribution in [0.5, 0.6) is 5.75 Å². The van der Waals surface area contributed by atoms with E-state index in [0.29, 0.717) is 16.6 Å². The molecule has 2 heterocycles. The Morgan fingerprint density at radius 2 is 1.90 bits per heavy atom. The van der Waals surface area contributed by atoms with Gasteiger partial charge in [0.05, 0.1) is 29.9 Å². The first-order valence-electron chi connectivity index (χ1n) is 8.70. The number of halogens is 1. The van der Waals surface area contributed by atoms with Crippen LogP contribution in [0.15, 0.2) is 68.8 Å². The maximum Gasteiger partial charge on any atom is 0.336 e. The van der Waals surface area contributed by atoms with E-state index in [-0.39, 0.29) is 29.3 Å². The molecule has 2 aromatic heterocycles. The van der Waals surface area contributed by atoms with Crippen molar-refractivity contribution in [2.45, 2.75) is 18.0 Å². The summed E-state index contributed by atoms with van der Waals surface area (Å²) in [5, 5.41) is 18.1. The van der Waals surface area contributed by atoms with Crippen molar-refractivity contribution in [2.75, 3.05) is 0 Å². The van der Waals surface area contributed by atoms with E-state index in [1.807, 2.05) is 0 Å². The number of nitrogens with zero attached hydrogens (tertiary/aromatic N) is 3. The van der Waals surface area contributed by atoms with Gasteiger partial charge in [-0.05, 0) is 42.0 Å². The van der Waals surface area contributed by atoms with E-state index in [2.05, 4.69) is 15.0 Å². The summed E-state index contributed by atoms with van der Waals surface area (Å²) in [6, 6.07) is 10.2. The predicted octanol–water partition coefficient (Wildman–Crippen LogP) is 1.76. The Morgan fingerprint density at radius 3 is 2.67 bits per heavy atom. The van der Waals surface area contributed by atoms with Gasteiger partial charge in [-0.1, -0.05) is 5.21 Å². The maximum absolute atomic E-state index is 13.0. The minimum absolute atomic E-state index is 0.0284. The number of sulfonamides is 1. The fraction of sp³-hybridized carbons (Fsp3) is 0.105. The van der Waals surface area contributed by atoms with Gasteiger partial charge in [-0.15, -0.1) is 5.10 Å². The Morgan fingerprint density at radius 1 is 1.13 bits per heavy atom. The highest BCUT2D eigenvalue weighted by atomic mass is 32.2. The van der Waals surface area contributed by atoms with Gasteiger partial charge < -0.3 is 9.52 Å². The van der Waals surface area contributed by atoms with Gasteiger partial charge in [0.2, 0.25) is 10.0 Å². The molecule has 0 bridgehead atoms. The van der Waals surface area contributed by atoms with Crippen molar-refractivity contribution in [1.82, 2.24) is 19.7 Å². The van der Waals surface area contributed by atoms with Crippen molar-refractivity contribution >= 4 is 21.0 Å². The topological polar surface area (TPSA) is 127 Å². The third-order valence-electron chi connectivity index (χ3n) is 4.30. The molecule has 0 fully saturated rings. The maximum atomic E-state index is 13.0. The van der Waals surface area contributed by atoms with Gasteiger partial charge in [0.25, 0.3) is 0 Å². The minimum atomic E-state index is -3.83. The Balaban J connectivity index is 1.51. The van der Waals surface area contributed by atoms with E-state index in [0.717, 1.165) is 12.1 Å². The highest BCUT2D eigenvalue weighted by molar-refractivity contribution is 7.89. The first kappa shape index (κ1) is 19.7. The van der Waals surface area contributed by atoms with Crippen LogP contribution in [0.2, 0.25) is 0 Å². The normalized spacial score (nSPS) is 11.8. The lowest BCUT2D eigenvalue weighted by atomic mass is 10.1. The van der Waals surface area contributed by atoms with Crippen LogP contribution < -0.4 is 10.3 Å². The Kier molecular flexibility index (Phi) is 5.06. The molecule has 2 aromatic carbocycles. The summed E-state index contributed by atoms with van der Waals surface area (Å²) in [6.07, 6.45) is 1.54. The molecule has 4 aromatic rings. The Hall–Kier alpha value is -3.57. The van der Waals surface area contributed by atoms with Crippen molar-refractivity contribution in [3.8, 4) is 5.75 Å². The highest BCUT2D eigenvalue weighted by Gasteiger charge is 2.15. The third-order valence-corrected chi connectivity index (χ3v) is 5.72. The monoisotopic (exact) mass is 430 g/mol. The number of nitrogens with one attached hydrogen (secondary N) is 1. The number of hydrogen-bond acceptors (Lipinski definition) is 7. The summed E-state index contributed by atoms with van der Waals surface area (Å²) in [5.74, 6) is -0.561. The number of fused-ring (bicyclic) bond motifs is 1. The molecule has 0 aliphatic heterocycles. The molecule has 0 radical (unpaired) electrons. The smallest absolute Gasteiger partial charge is 0.336 e. The SMILES string of the molecule is O=c1cc(Cn2cc(CNS(=O)(=O)c3ccc(F)cc3)nn2)c2ccc(O)cc2o1. The number of phenolic OH excluding ortho intramolecular Hbond substituents is 1. The molecule has 9 nitrogen and oxygen atoms in total. The van der Waals surface area contributed by atoms with Crippen LogP contribution in [0.1, 0.15) is 11.3 Å². The van der Waals surface area contributed by atoms with E-state index in [4.69, 9.17) is 4.42 Å². The second kappa shape index (κ2) is 7.69. The van der Waals surface area contributed by atoms with Crippen molar-refractivity contribution in [3.63, 3.8) is 0 Å². The Labute approximate surface area is 169 Å². The third kappa shape index (κ3) is 4.21. The summed E-state index contributed by atoms with van der Waals surface area (Å²) in [5.41, 5.74) is 0.621. The summed E-state index contributed by atoms with van der Waals surface area (Å²) in [4.78, 5) is 11.7. The van der Waals surface area contributed by atoms with Gasteiger partial charge in [-0.25, -0.2) is 27.0 Å². The van der Waals surface area contributed by atoms with E-state index in [1.54, 1.807) is 6.07 Å². The molecule has 0 atom stereocenters. The van der Waals surface area contributed by atoms with Gasteiger partial charge in [-0.2, -0.15) is 0 Å². The number of hydrogen-bond donors (Lipinski definition) is 2. The van der Waals surface area contributed by atoms with Crippen LogP contribution in [0.4, 0.5) is 4.39 Å². The van der Waals surface area contributed by atoms with Gasteiger partial charge in [0.1, 0.15) is 17.1 Å². The molecule has 154 valence electrons. The van der Waals surface area contributed by atoms with E-state index in [1.165, 1.54) is 41.2 Å². The zero-order valence-corrected chi connectivity index (χ0v) is 16.1. The summed E-state index contributed by atoms with van der Waals surface area (Å²) in [6.45, 7) is 0.0653. The molecule has 0 saturated heterocycles. The quantitative estimate of drug-likeness (QED) is 0.446. The molecule has 0 aliphatic rings. The number of rotatable bonds is 6. The molecule has 0 amide bonds. The van der Waals surface area contributed by atoms with E-state index in [9.17, 15) is 22.7 Å². The van der Waals surface area contributed by atoms with E-state index < -0.39 is 21.5 Å². The van der Waals surface area contributed by atoms with Crippen LogP contribution in [0.3, 0.4) is 0 Å². The largest absolute Gasteiger partial charge is 0.508 e. The molecular formula is C19H15FN4O5S. The van der Waals surface area contributed by atoms with Gasteiger partial charge in [-0.3, -0.25) is 0 Å². The fourth-order valence-electron chi connectivity index (χ4n) is 2.89. The van der Waals surface area contributed by atoms with E-state index >= 15 is 0 Å². The summed E-state index contributed by atoms with van der Waals surface area (Å²) >= 11 is 0. The van der Waals surface area contributed by atoms with Crippen molar-refractivity contribution in [3.05, 3.63) is 82.2 Å². The van der Waals surface area contributed by atoms with Crippen molar-refractivity contribution in [1.29, 1.82) is 0 Å². The molecular weight excluding hydrogens is 415 g/mol. The molecule has 30 heavy (non-hydrogen) atoms. The average molecular weight is 430 g/mol. The fourth-order valence-corrected chi connectivity index (χ4v) is 3.89. The van der Waals surface area contributed by atoms with Crippen LogP contribution >= 0.6 is 0 Å². The lowest BCUT2D eigenvalue weighted by Gasteiger charge is -2.06. The minimum Gasteiger partial charge on any atom is -0.508 e. The Bertz CT molecular complexity index is 1380. The molecule has 0 unspecified atom stereocenters.